The van der Waals surface area contributed by atoms with Crippen LogP contribution in [0.15, 0.2) is 0 Å². The first kappa shape index (κ1) is 11.9. The topological polar surface area (TPSA) is 23.5 Å². The maximum atomic E-state index is 8.98. The zero-order valence-electron chi connectivity index (χ0n) is 8.88. The van der Waals surface area contributed by atoms with Gasteiger partial charge in [0, 0.05) is 19.7 Å². The van der Waals surface area contributed by atoms with Gasteiger partial charge >= 0.3 is 0 Å². The molecule has 0 spiro atoms. The van der Waals surface area contributed by atoms with Crippen LogP contribution in [0, 0.1) is 11.8 Å². The van der Waals surface area contributed by atoms with Gasteiger partial charge in [0.15, 0.2) is 0 Å². The molecule has 0 radical (unpaired) electrons. The fraction of sp³-hybridized carbons (Fsp3) is 1.00. The van der Waals surface area contributed by atoms with E-state index in [0.29, 0.717) is 18.4 Å². The summed E-state index contributed by atoms with van der Waals surface area (Å²) in [5.41, 5.74) is 0. The van der Waals surface area contributed by atoms with E-state index in [4.69, 9.17) is 5.11 Å². The predicted octanol–water partition coefficient (Wildman–Crippen LogP) is 1.59. The SMILES string of the molecule is CCC(CO)CN(C)CC(C)C. The van der Waals surface area contributed by atoms with Gasteiger partial charge in [-0.2, -0.15) is 0 Å². The van der Waals surface area contributed by atoms with Crippen molar-refractivity contribution in [3.05, 3.63) is 0 Å². The van der Waals surface area contributed by atoms with Crippen LogP contribution in [-0.2, 0) is 0 Å². The van der Waals surface area contributed by atoms with E-state index in [9.17, 15) is 0 Å². The zero-order chi connectivity index (χ0) is 9.56. The Morgan fingerprint density at radius 1 is 1.25 bits per heavy atom. The van der Waals surface area contributed by atoms with Gasteiger partial charge in [0.05, 0.1) is 0 Å². The molecule has 0 fully saturated rings. The molecule has 1 unspecified atom stereocenters. The van der Waals surface area contributed by atoms with E-state index in [1.807, 2.05) is 0 Å². The predicted molar refractivity (Wildman–Crippen MR) is 53.2 cm³/mol. The maximum Gasteiger partial charge on any atom is 0.0471 e. The molecule has 0 saturated heterocycles. The fourth-order valence-electron chi connectivity index (χ4n) is 1.45. The Morgan fingerprint density at radius 3 is 2.17 bits per heavy atom. The first-order valence-corrected chi connectivity index (χ1v) is 4.89. The highest BCUT2D eigenvalue weighted by Gasteiger charge is 2.08. The van der Waals surface area contributed by atoms with Gasteiger partial charge in [-0.3, -0.25) is 0 Å². The molecule has 0 amide bonds. The van der Waals surface area contributed by atoms with Gasteiger partial charge in [0.1, 0.15) is 0 Å². The van der Waals surface area contributed by atoms with Crippen LogP contribution >= 0.6 is 0 Å². The molecular formula is C10H23NO. The molecule has 0 rings (SSSR count). The minimum Gasteiger partial charge on any atom is -0.396 e. The lowest BCUT2D eigenvalue weighted by atomic mass is 10.1. The van der Waals surface area contributed by atoms with Crippen LogP contribution in [0.2, 0.25) is 0 Å². The molecule has 0 saturated carbocycles. The van der Waals surface area contributed by atoms with Gasteiger partial charge in [-0.05, 0) is 25.3 Å². The minimum atomic E-state index is 0.318. The van der Waals surface area contributed by atoms with Crippen LogP contribution in [0.1, 0.15) is 27.2 Å². The standard InChI is InChI=1S/C10H23NO/c1-5-10(8-12)7-11(4)6-9(2)3/h9-10,12H,5-8H2,1-4H3. The number of aliphatic hydroxyl groups excluding tert-OH is 1. The van der Waals surface area contributed by atoms with Gasteiger partial charge in [-0.15, -0.1) is 0 Å². The van der Waals surface area contributed by atoms with Gasteiger partial charge in [-0.25, -0.2) is 0 Å². The summed E-state index contributed by atoms with van der Waals surface area (Å²) in [5.74, 6) is 1.17. The highest BCUT2D eigenvalue weighted by atomic mass is 16.3. The van der Waals surface area contributed by atoms with E-state index in [1.165, 1.54) is 0 Å². The number of hydrogen-bond donors (Lipinski definition) is 1. The Hall–Kier alpha value is -0.0800. The smallest absolute Gasteiger partial charge is 0.0471 e. The monoisotopic (exact) mass is 173 g/mol. The van der Waals surface area contributed by atoms with Crippen molar-refractivity contribution in [2.45, 2.75) is 27.2 Å². The summed E-state index contributed by atoms with van der Waals surface area (Å²) in [6, 6.07) is 0. The lowest BCUT2D eigenvalue weighted by Crippen LogP contribution is -2.30. The highest BCUT2D eigenvalue weighted by molar-refractivity contribution is 4.62. The minimum absolute atomic E-state index is 0.318. The lowest BCUT2D eigenvalue weighted by molar-refractivity contribution is 0.169. The number of nitrogens with zero attached hydrogens (tertiary/aromatic N) is 1. The summed E-state index contributed by atoms with van der Waals surface area (Å²) in [7, 11) is 2.12. The van der Waals surface area contributed by atoms with Crippen molar-refractivity contribution in [1.29, 1.82) is 0 Å². The van der Waals surface area contributed by atoms with Crippen LogP contribution in [0.3, 0.4) is 0 Å². The average molecular weight is 173 g/mol. The van der Waals surface area contributed by atoms with Crippen molar-refractivity contribution in [1.82, 2.24) is 4.90 Å². The molecule has 0 aliphatic carbocycles. The van der Waals surface area contributed by atoms with E-state index in [0.717, 1.165) is 19.5 Å². The largest absolute Gasteiger partial charge is 0.396 e. The van der Waals surface area contributed by atoms with E-state index in [1.54, 1.807) is 0 Å². The molecule has 0 aliphatic heterocycles. The molecule has 0 aliphatic rings. The van der Waals surface area contributed by atoms with Gasteiger partial charge in [0.2, 0.25) is 0 Å². The van der Waals surface area contributed by atoms with Crippen molar-refractivity contribution in [2.75, 3.05) is 26.7 Å². The number of hydrogen-bond acceptors (Lipinski definition) is 2. The lowest BCUT2D eigenvalue weighted by Gasteiger charge is -2.23. The quantitative estimate of drug-likeness (QED) is 0.659. The van der Waals surface area contributed by atoms with Crippen molar-refractivity contribution in [3.8, 4) is 0 Å². The molecule has 0 aromatic carbocycles. The second-order valence-electron chi connectivity index (χ2n) is 4.07. The molecule has 2 heteroatoms. The summed E-state index contributed by atoms with van der Waals surface area (Å²) < 4.78 is 0. The summed E-state index contributed by atoms with van der Waals surface area (Å²) in [4.78, 5) is 2.30. The molecule has 74 valence electrons. The summed E-state index contributed by atoms with van der Waals surface area (Å²) >= 11 is 0. The normalized spacial score (nSPS) is 14.2. The third-order valence-electron chi connectivity index (χ3n) is 2.08. The van der Waals surface area contributed by atoms with E-state index in [-0.39, 0.29) is 0 Å². The number of aliphatic hydroxyl groups is 1. The van der Waals surface area contributed by atoms with Crippen LogP contribution in [0.5, 0.6) is 0 Å². The average Bonchev–Trinajstić information content (AvgIpc) is 1.98. The van der Waals surface area contributed by atoms with E-state index in [2.05, 4.69) is 32.7 Å². The molecule has 0 bridgehead atoms. The van der Waals surface area contributed by atoms with Crippen molar-refractivity contribution in [2.24, 2.45) is 11.8 Å². The molecular weight excluding hydrogens is 150 g/mol. The first-order chi connectivity index (χ1) is 5.60. The Balaban J connectivity index is 3.58. The molecule has 0 aromatic rings. The first-order valence-electron chi connectivity index (χ1n) is 4.89. The van der Waals surface area contributed by atoms with Crippen LogP contribution in [0.4, 0.5) is 0 Å². The van der Waals surface area contributed by atoms with Crippen LogP contribution < -0.4 is 0 Å². The Labute approximate surface area is 76.6 Å². The molecule has 1 N–H and O–H groups in total. The highest BCUT2D eigenvalue weighted by Crippen LogP contribution is 2.05. The van der Waals surface area contributed by atoms with Crippen molar-refractivity contribution < 1.29 is 5.11 Å². The molecule has 0 aromatic heterocycles. The fourth-order valence-corrected chi connectivity index (χ4v) is 1.45. The zero-order valence-corrected chi connectivity index (χ0v) is 8.88. The van der Waals surface area contributed by atoms with Crippen LogP contribution in [-0.4, -0.2) is 36.8 Å². The third-order valence-corrected chi connectivity index (χ3v) is 2.08. The second-order valence-corrected chi connectivity index (χ2v) is 4.07. The molecule has 2 nitrogen and oxygen atoms in total. The van der Waals surface area contributed by atoms with Crippen molar-refractivity contribution >= 4 is 0 Å². The van der Waals surface area contributed by atoms with Gasteiger partial charge in [-0.1, -0.05) is 20.8 Å². The third kappa shape index (κ3) is 5.56. The summed E-state index contributed by atoms with van der Waals surface area (Å²) in [5, 5.41) is 8.98. The molecule has 1 atom stereocenters. The number of rotatable bonds is 6. The van der Waals surface area contributed by atoms with Gasteiger partial charge in [0.25, 0.3) is 0 Å². The van der Waals surface area contributed by atoms with E-state index < -0.39 is 0 Å². The Kier molecular flexibility index (Phi) is 6.39. The Morgan fingerprint density at radius 2 is 1.83 bits per heavy atom. The summed E-state index contributed by atoms with van der Waals surface area (Å²) in [6.45, 7) is 9.03. The van der Waals surface area contributed by atoms with E-state index >= 15 is 0 Å². The van der Waals surface area contributed by atoms with Crippen molar-refractivity contribution in [3.63, 3.8) is 0 Å². The molecule has 0 heterocycles. The van der Waals surface area contributed by atoms with Crippen LogP contribution in [0.25, 0.3) is 0 Å². The molecule has 12 heavy (non-hydrogen) atoms. The Bertz CT molecular complexity index is 100. The van der Waals surface area contributed by atoms with Gasteiger partial charge < -0.3 is 10.0 Å². The second kappa shape index (κ2) is 6.44. The maximum absolute atomic E-state index is 8.98. The summed E-state index contributed by atoms with van der Waals surface area (Å²) in [6.07, 6.45) is 1.07.